The minimum Gasteiger partial charge on any atom is -0.394 e. The van der Waals surface area contributed by atoms with Crippen molar-refractivity contribution < 1.29 is 39.8 Å². The Kier molecular flexibility index (Phi) is 6.21. The normalized spacial score (nSPS) is 35.3. The monoisotopic (exact) mass is 396 g/mol. The number of aryl methyl sites for hydroxylation is 1. The highest BCUT2D eigenvalue weighted by molar-refractivity contribution is 6.04. The number of ketones is 1. The van der Waals surface area contributed by atoms with Gasteiger partial charge in [0.1, 0.15) is 24.4 Å². The molecule has 1 aromatic rings. The molecule has 2 unspecified atom stereocenters. The molecule has 0 amide bonds. The third-order valence-corrected chi connectivity index (χ3v) is 5.90. The third-order valence-electron chi connectivity index (χ3n) is 5.90. The van der Waals surface area contributed by atoms with E-state index in [1.807, 2.05) is 19.9 Å². The maximum atomic E-state index is 12.5. The lowest BCUT2D eigenvalue weighted by molar-refractivity contribution is -0.300. The molecule has 1 saturated heterocycles. The number of rotatable bonds is 5. The Labute approximate surface area is 163 Å². The molecule has 0 aromatic heterocycles. The van der Waals surface area contributed by atoms with Gasteiger partial charge >= 0.3 is 0 Å². The number of fused-ring (bicyclic) bond motifs is 1. The molecule has 0 radical (unpaired) electrons. The fourth-order valence-corrected chi connectivity index (χ4v) is 4.12. The second kappa shape index (κ2) is 8.16. The Hall–Kier alpha value is -1.39. The van der Waals surface area contributed by atoms with Crippen molar-refractivity contribution in [2.24, 2.45) is 5.92 Å². The smallest absolute Gasteiger partial charge is 0.186 e. The number of aliphatic hydroxyl groups is 5. The summed E-state index contributed by atoms with van der Waals surface area (Å²) in [5.41, 5.74) is 3.87. The van der Waals surface area contributed by atoms with Crippen LogP contribution in [0.3, 0.4) is 0 Å². The van der Waals surface area contributed by atoms with Crippen LogP contribution in [0, 0.1) is 19.8 Å². The second-order valence-corrected chi connectivity index (χ2v) is 7.68. The molecule has 1 heterocycles. The number of ether oxygens (including phenoxy) is 2. The largest absolute Gasteiger partial charge is 0.394 e. The molecule has 1 fully saturated rings. The molecule has 0 saturated carbocycles. The van der Waals surface area contributed by atoms with Crippen LogP contribution < -0.4 is 0 Å². The first-order valence-corrected chi connectivity index (χ1v) is 9.46. The van der Waals surface area contributed by atoms with E-state index in [1.165, 1.54) is 0 Å². The first kappa shape index (κ1) is 21.3. The Bertz CT molecular complexity index is 746. The van der Waals surface area contributed by atoms with Gasteiger partial charge in [-0.2, -0.15) is 0 Å². The van der Waals surface area contributed by atoms with Crippen molar-refractivity contribution in [2.45, 2.75) is 64.0 Å². The fourth-order valence-electron chi connectivity index (χ4n) is 4.12. The van der Waals surface area contributed by atoms with Crippen LogP contribution in [0.2, 0.25) is 0 Å². The number of hydrogen-bond acceptors (Lipinski definition) is 8. The lowest BCUT2D eigenvalue weighted by Gasteiger charge is -2.39. The standard InChI is InChI=1S/C20H28O8/c1-8-6-12-14(16(23)10(3)15(12)22)9(2)11(8)4-5-27-20-19(26)18(25)17(24)13(7-21)28-20/h6,10,13,15,17-22,24-26H,4-5,7H2,1-3H3/t10-,13?,15-,17-,18+,19?,20-/m1/s1. The Morgan fingerprint density at radius 2 is 1.79 bits per heavy atom. The molecule has 28 heavy (non-hydrogen) atoms. The highest BCUT2D eigenvalue weighted by Crippen LogP contribution is 2.39. The molecular formula is C20H28O8. The van der Waals surface area contributed by atoms with Crippen molar-refractivity contribution in [3.05, 3.63) is 33.9 Å². The first-order valence-electron chi connectivity index (χ1n) is 9.46. The lowest BCUT2D eigenvalue weighted by atomic mass is 9.92. The minimum atomic E-state index is -1.49. The molecule has 1 aromatic carbocycles. The molecule has 156 valence electrons. The van der Waals surface area contributed by atoms with Crippen LogP contribution in [0.1, 0.15) is 45.6 Å². The molecule has 1 aliphatic heterocycles. The molecule has 3 rings (SSSR count). The summed E-state index contributed by atoms with van der Waals surface area (Å²) in [7, 11) is 0. The van der Waals surface area contributed by atoms with Gasteiger partial charge in [0.25, 0.3) is 0 Å². The molecule has 0 bridgehead atoms. The zero-order valence-corrected chi connectivity index (χ0v) is 16.2. The molecule has 8 nitrogen and oxygen atoms in total. The second-order valence-electron chi connectivity index (χ2n) is 7.68. The van der Waals surface area contributed by atoms with Gasteiger partial charge in [-0.3, -0.25) is 4.79 Å². The Morgan fingerprint density at radius 3 is 2.43 bits per heavy atom. The van der Waals surface area contributed by atoms with E-state index in [1.54, 1.807) is 6.92 Å². The van der Waals surface area contributed by atoms with Gasteiger partial charge < -0.3 is 35.0 Å². The maximum absolute atomic E-state index is 12.5. The van der Waals surface area contributed by atoms with Crippen molar-refractivity contribution in [3.63, 3.8) is 0 Å². The lowest BCUT2D eigenvalue weighted by Crippen LogP contribution is -2.59. The molecule has 1 aliphatic carbocycles. The highest BCUT2D eigenvalue weighted by Gasteiger charge is 2.44. The SMILES string of the molecule is Cc1cc2c(c(C)c1CCO[C@@H]1OC(CO)[C@@H](O)[C@H](O)C1O)C(=O)[C@H](C)[C@H]2O. The molecule has 0 spiro atoms. The van der Waals surface area contributed by atoms with E-state index in [4.69, 9.17) is 9.47 Å². The third kappa shape index (κ3) is 3.50. The summed E-state index contributed by atoms with van der Waals surface area (Å²) >= 11 is 0. The van der Waals surface area contributed by atoms with Crippen LogP contribution in [0.4, 0.5) is 0 Å². The summed E-state index contributed by atoms with van der Waals surface area (Å²) in [5, 5.41) is 49.2. The van der Waals surface area contributed by atoms with Crippen molar-refractivity contribution in [1.29, 1.82) is 0 Å². The number of aliphatic hydroxyl groups excluding tert-OH is 5. The van der Waals surface area contributed by atoms with Crippen LogP contribution >= 0.6 is 0 Å². The van der Waals surface area contributed by atoms with E-state index in [2.05, 4.69) is 0 Å². The van der Waals surface area contributed by atoms with Crippen LogP contribution in [-0.4, -0.2) is 75.2 Å². The molecule has 8 heteroatoms. The summed E-state index contributed by atoms with van der Waals surface area (Å²) in [6.45, 7) is 5.07. The Balaban J connectivity index is 1.72. The van der Waals surface area contributed by atoms with E-state index in [0.717, 1.165) is 16.7 Å². The number of carbonyl (C=O) groups excluding carboxylic acids is 1. The van der Waals surface area contributed by atoms with Crippen LogP contribution in [0.15, 0.2) is 6.07 Å². The van der Waals surface area contributed by atoms with Crippen LogP contribution in [0.25, 0.3) is 0 Å². The summed E-state index contributed by atoms with van der Waals surface area (Å²) in [6.07, 6.45) is -6.93. The van der Waals surface area contributed by atoms with E-state index in [0.29, 0.717) is 17.5 Å². The molecular weight excluding hydrogens is 368 g/mol. The topological polar surface area (TPSA) is 137 Å². The van der Waals surface area contributed by atoms with Crippen molar-refractivity contribution in [2.75, 3.05) is 13.2 Å². The fraction of sp³-hybridized carbons (Fsp3) is 0.650. The minimum absolute atomic E-state index is 0.0731. The quantitative estimate of drug-likeness (QED) is 0.451. The number of hydrogen-bond donors (Lipinski definition) is 5. The zero-order chi connectivity index (χ0) is 20.7. The predicted molar refractivity (Wildman–Crippen MR) is 97.8 cm³/mol. The number of carbonyl (C=O) groups is 1. The summed E-state index contributed by atoms with van der Waals surface area (Å²) in [5.74, 6) is -0.537. The molecule has 5 N–H and O–H groups in total. The van der Waals surface area contributed by atoms with Gasteiger partial charge in [-0.05, 0) is 42.5 Å². The van der Waals surface area contributed by atoms with E-state index in [9.17, 15) is 30.3 Å². The zero-order valence-electron chi connectivity index (χ0n) is 16.2. The van der Waals surface area contributed by atoms with Gasteiger partial charge in [-0.1, -0.05) is 13.0 Å². The van der Waals surface area contributed by atoms with Crippen molar-refractivity contribution >= 4 is 5.78 Å². The highest BCUT2D eigenvalue weighted by atomic mass is 16.7. The van der Waals surface area contributed by atoms with Gasteiger partial charge in [-0.25, -0.2) is 0 Å². The van der Waals surface area contributed by atoms with E-state index in [-0.39, 0.29) is 12.4 Å². The van der Waals surface area contributed by atoms with Gasteiger partial charge in [0.05, 0.1) is 19.3 Å². The number of Topliss-reactive ketones (excluding diaryl/α,β-unsaturated/α-hetero) is 1. The summed E-state index contributed by atoms with van der Waals surface area (Å²) in [4.78, 5) is 12.5. The van der Waals surface area contributed by atoms with Gasteiger partial charge in [0.2, 0.25) is 0 Å². The predicted octanol–water partition coefficient (Wildman–Crippen LogP) is -0.472. The van der Waals surface area contributed by atoms with Crippen molar-refractivity contribution in [1.82, 2.24) is 0 Å². The summed E-state index contributed by atoms with van der Waals surface area (Å²) < 4.78 is 10.9. The summed E-state index contributed by atoms with van der Waals surface area (Å²) in [6, 6.07) is 1.83. The number of benzene rings is 1. The van der Waals surface area contributed by atoms with Gasteiger partial charge in [0, 0.05) is 11.5 Å². The van der Waals surface area contributed by atoms with Gasteiger partial charge in [-0.15, -0.1) is 0 Å². The maximum Gasteiger partial charge on any atom is 0.186 e. The van der Waals surface area contributed by atoms with Crippen LogP contribution in [0.5, 0.6) is 0 Å². The molecule has 7 atom stereocenters. The van der Waals surface area contributed by atoms with E-state index >= 15 is 0 Å². The average molecular weight is 396 g/mol. The first-order chi connectivity index (χ1) is 13.2. The average Bonchev–Trinajstić information content (AvgIpc) is 2.88. The van der Waals surface area contributed by atoms with Gasteiger partial charge in [0.15, 0.2) is 12.1 Å². The van der Waals surface area contributed by atoms with Crippen LogP contribution in [-0.2, 0) is 15.9 Å². The Morgan fingerprint density at radius 1 is 1.11 bits per heavy atom. The molecule has 2 aliphatic rings. The van der Waals surface area contributed by atoms with Crippen molar-refractivity contribution in [3.8, 4) is 0 Å². The van der Waals surface area contributed by atoms with E-state index < -0.39 is 49.3 Å².